The van der Waals surface area contributed by atoms with Gasteiger partial charge in [-0.25, -0.2) is 0 Å². The van der Waals surface area contributed by atoms with Crippen molar-refractivity contribution in [1.82, 2.24) is 9.80 Å². The molecule has 0 amide bonds. The Morgan fingerprint density at radius 1 is 0.727 bits per heavy atom. The van der Waals surface area contributed by atoms with Gasteiger partial charge in [-0.05, 0) is 72.8 Å². The highest BCUT2D eigenvalue weighted by molar-refractivity contribution is 8.94. The summed E-state index contributed by atoms with van der Waals surface area (Å²) < 4.78 is 2.19. The van der Waals surface area contributed by atoms with Crippen molar-refractivity contribution in [2.75, 3.05) is 18.8 Å². The van der Waals surface area contributed by atoms with Gasteiger partial charge in [-0.1, -0.05) is 105 Å². The van der Waals surface area contributed by atoms with E-state index < -0.39 is 0 Å². The number of hydrogen-bond acceptors (Lipinski definition) is 7. The molecule has 0 bridgehead atoms. The molecule has 0 aromatic rings. The monoisotopic (exact) mass is 584 g/mol. The van der Waals surface area contributed by atoms with Crippen LogP contribution in [-0.2, 0) is 0 Å². The maximum Gasteiger partial charge on any atom is 0.147 e. The van der Waals surface area contributed by atoms with Gasteiger partial charge in [0.1, 0.15) is 12.1 Å². The van der Waals surface area contributed by atoms with Crippen LogP contribution in [0.5, 0.6) is 0 Å². The molecule has 0 saturated heterocycles. The SMILES string of the molecule is CCCN(C(=S)SSC(C)(SCC)SSC(=S)N(CCC)C1CCCCC1)C1CCCCC1. The number of thioether (sulfide) groups is 1. The van der Waals surface area contributed by atoms with E-state index in [1.807, 2.05) is 54.9 Å². The minimum Gasteiger partial charge on any atom is -0.354 e. The average molecular weight is 585 g/mol. The zero-order chi connectivity index (χ0) is 24.1. The third-order valence-electron chi connectivity index (χ3n) is 6.36. The Labute approximate surface area is 235 Å². The molecular formula is C24H44N2S7. The lowest BCUT2D eigenvalue weighted by Gasteiger charge is -2.37. The van der Waals surface area contributed by atoms with Gasteiger partial charge in [0.2, 0.25) is 0 Å². The van der Waals surface area contributed by atoms with E-state index in [4.69, 9.17) is 24.4 Å². The summed E-state index contributed by atoms with van der Waals surface area (Å²) in [5.41, 5.74) is 0. The summed E-state index contributed by atoms with van der Waals surface area (Å²) in [6.07, 6.45) is 15.7. The molecule has 0 N–H and O–H groups in total. The molecule has 2 saturated carbocycles. The van der Waals surface area contributed by atoms with Gasteiger partial charge in [0, 0.05) is 25.2 Å². The van der Waals surface area contributed by atoms with Crippen molar-refractivity contribution in [3.8, 4) is 0 Å². The van der Waals surface area contributed by atoms with Crippen LogP contribution < -0.4 is 0 Å². The van der Waals surface area contributed by atoms with Crippen molar-refractivity contribution in [2.24, 2.45) is 0 Å². The quantitative estimate of drug-likeness (QED) is 0.124. The molecule has 192 valence electrons. The maximum atomic E-state index is 5.98. The second-order valence-corrected chi connectivity index (χ2v) is 18.0. The number of rotatable bonds is 12. The minimum absolute atomic E-state index is 0.0209. The second kappa shape index (κ2) is 17.1. The molecule has 0 aromatic carbocycles. The van der Waals surface area contributed by atoms with E-state index in [1.165, 1.54) is 64.2 Å². The molecule has 2 aliphatic rings. The van der Waals surface area contributed by atoms with Crippen LogP contribution in [0.2, 0.25) is 0 Å². The van der Waals surface area contributed by atoms with Crippen LogP contribution in [0.15, 0.2) is 0 Å². The first-order valence-electron chi connectivity index (χ1n) is 12.9. The first kappa shape index (κ1) is 30.8. The predicted octanol–water partition coefficient (Wildman–Crippen LogP) is 9.84. The normalized spacial score (nSPS) is 18.3. The summed E-state index contributed by atoms with van der Waals surface area (Å²) in [4.78, 5) is 5.08. The van der Waals surface area contributed by atoms with Crippen LogP contribution >= 0.6 is 79.4 Å². The van der Waals surface area contributed by atoms with Crippen molar-refractivity contribution in [3.05, 3.63) is 0 Å². The van der Waals surface area contributed by atoms with E-state index in [0.29, 0.717) is 12.1 Å². The molecular weight excluding hydrogens is 541 g/mol. The van der Waals surface area contributed by atoms with Crippen molar-refractivity contribution in [1.29, 1.82) is 0 Å². The third-order valence-corrected chi connectivity index (χ3v) is 16.7. The lowest BCUT2D eigenvalue weighted by atomic mass is 9.94. The maximum absolute atomic E-state index is 5.98. The highest BCUT2D eigenvalue weighted by Gasteiger charge is 2.32. The number of hydrogen-bond donors (Lipinski definition) is 0. The van der Waals surface area contributed by atoms with Crippen molar-refractivity contribution in [3.63, 3.8) is 0 Å². The average Bonchev–Trinajstić information content (AvgIpc) is 2.84. The second-order valence-electron chi connectivity index (χ2n) is 9.13. The van der Waals surface area contributed by atoms with Crippen LogP contribution in [0.1, 0.15) is 105 Å². The van der Waals surface area contributed by atoms with Gasteiger partial charge in [0.15, 0.2) is 0 Å². The lowest BCUT2D eigenvalue weighted by molar-refractivity contribution is 0.251. The fraction of sp³-hybridized carbons (Fsp3) is 0.917. The van der Waals surface area contributed by atoms with Crippen LogP contribution in [0, 0.1) is 0 Å². The van der Waals surface area contributed by atoms with Crippen LogP contribution in [0.3, 0.4) is 0 Å². The zero-order valence-corrected chi connectivity index (χ0v) is 26.7. The van der Waals surface area contributed by atoms with E-state index in [2.05, 4.69) is 37.5 Å². The van der Waals surface area contributed by atoms with Crippen LogP contribution in [0.25, 0.3) is 0 Å². The number of thiocarbonyl (C=S) groups is 2. The van der Waals surface area contributed by atoms with Gasteiger partial charge < -0.3 is 9.80 Å². The molecule has 2 nitrogen and oxygen atoms in total. The lowest BCUT2D eigenvalue weighted by Crippen LogP contribution is -2.40. The third kappa shape index (κ3) is 10.8. The van der Waals surface area contributed by atoms with Gasteiger partial charge in [0.05, 0.1) is 0 Å². The van der Waals surface area contributed by atoms with E-state index >= 15 is 0 Å². The Bertz CT molecular complexity index is 533. The molecule has 9 heteroatoms. The molecule has 2 aliphatic carbocycles. The zero-order valence-electron chi connectivity index (χ0n) is 21.0. The summed E-state index contributed by atoms with van der Waals surface area (Å²) in [6, 6.07) is 1.30. The molecule has 2 fully saturated rings. The summed E-state index contributed by atoms with van der Waals surface area (Å²) in [5.74, 6) is 1.10. The summed E-state index contributed by atoms with van der Waals surface area (Å²) in [5, 5.41) is 0. The summed E-state index contributed by atoms with van der Waals surface area (Å²) >= 11 is 14.0. The molecule has 0 radical (unpaired) electrons. The van der Waals surface area contributed by atoms with Crippen LogP contribution in [-0.4, -0.2) is 52.8 Å². The summed E-state index contributed by atoms with van der Waals surface area (Å²) in [7, 11) is 7.53. The van der Waals surface area contributed by atoms with E-state index in [-0.39, 0.29) is 3.41 Å². The van der Waals surface area contributed by atoms with Crippen LogP contribution in [0.4, 0.5) is 0 Å². The molecule has 2 rings (SSSR count). The first-order chi connectivity index (χ1) is 15.9. The van der Waals surface area contributed by atoms with Gasteiger partial charge in [-0.3, -0.25) is 0 Å². The predicted molar refractivity (Wildman–Crippen MR) is 170 cm³/mol. The largest absolute Gasteiger partial charge is 0.354 e. The van der Waals surface area contributed by atoms with Gasteiger partial charge in [-0.15, -0.1) is 11.8 Å². The van der Waals surface area contributed by atoms with Crippen molar-refractivity contribution >= 4 is 88.0 Å². The smallest absolute Gasteiger partial charge is 0.147 e. The highest BCUT2D eigenvalue weighted by Crippen LogP contribution is 2.57. The molecule has 0 atom stereocenters. The van der Waals surface area contributed by atoms with E-state index in [0.717, 1.165) is 40.3 Å². The number of nitrogens with zero attached hydrogens (tertiary/aromatic N) is 2. The fourth-order valence-electron chi connectivity index (χ4n) is 4.76. The van der Waals surface area contributed by atoms with Gasteiger partial charge in [0.25, 0.3) is 0 Å². The van der Waals surface area contributed by atoms with E-state index in [1.54, 1.807) is 0 Å². The topological polar surface area (TPSA) is 6.48 Å². The minimum atomic E-state index is 0.0209. The summed E-state index contributed by atoms with van der Waals surface area (Å²) in [6.45, 7) is 11.3. The Morgan fingerprint density at radius 2 is 1.12 bits per heavy atom. The van der Waals surface area contributed by atoms with Gasteiger partial charge in [-0.2, -0.15) is 0 Å². The Kier molecular flexibility index (Phi) is 16.0. The Balaban J connectivity index is 1.93. The Morgan fingerprint density at radius 3 is 1.45 bits per heavy atom. The molecule has 33 heavy (non-hydrogen) atoms. The molecule has 0 aromatic heterocycles. The molecule has 0 unspecified atom stereocenters. The molecule has 0 aliphatic heterocycles. The molecule has 0 heterocycles. The van der Waals surface area contributed by atoms with Crippen molar-refractivity contribution < 1.29 is 0 Å². The molecule has 0 spiro atoms. The Hall–Kier alpha value is 1.53. The highest BCUT2D eigenvalue weighted by atomic mass is 33.1. The van der Waals surface area contributed by atoms with Gasteiger partial charge >= 0.3 is 0 Å². The van der Waals surface area contributed by atoms with E-state index in [9.17, 15) is 0 Å². The fourth-order valence-corrected chi connectivity index (χ4v) is 13.7. The van der Waals surface area contributed by atoms with Crippen molar-refractivity contribution in [2.45, 2.75) is 120 Å². The first-order valence-corrected chi connectivity index (χ1v) is 19.0. The standard InChI is InChI=1S/C24H44N2S7/c1-5-18-25(20-14-10-8-11-15-20)22(27)30-32-24(4,29-7-3)33-31-23(28)26(19-6-2)21-16-12-9-13-17-21/h20-21H,5-19H2,1-4H3.